The Hall–Kier alpha value is -1.59. The molecule has 0 heterocycles. The Labute approximate surface area is 380 Å². The van der Waals surface area contributed by atoms with Crippen molar-refractivity contribution in [3.05, 3.63) is 0 Å². The third kappa shape index (κ3) is 49.3. The van der Waals surface area contributed by atoms with Gasteiger partial charge < -0.3 is 14.2 Å². The molecule has 0 radical (unpaired) electrons. The smallest absolute Gasteiger partial charge is 0.306 e. The van der Waals surface area contributed by atoms with Crippen LogP contribution in [0.15, 0.2) is 0 Å². The summed E-state index contributed by atoms with van der Waals surface area (Å²) in [5.41, 5.74) is 0. The summed E-state index contributed by atoms with van der Waals surface area (Å²) in [5.74, 6) is 1.62. The summed E-state index contributed by atoms with van der Waals surface area (Å²) in [4.78, 5) is 38.0. The van der Waals surface area contributed by atoms with Crippen molar-refractivity contribution in [3.8, 4) is 0 Å². The summed E-state index contributed by atoms with van der Waals surface area (Å²) < 4.78 is 16.8. The molecular weight excluding hydrogens is 757 g/mol. The Morgan fingerprint density at radius 3 is 0.705 bits per heavy atom. The molecule has 0 fully saturated rings. The number of rotatable bonds is 48. The molecule has 0 spiro atoms. The van der Waals surface area contributed by atoms with Gasteiger partial charge in [-0.25, -0.2) is 0 Å². The molecule has 0 bridgehead atoms. The van der Waals surface area contributed by atoms with Gasteiger partial charge in [-0.05, 0) is 37.0 Å². The third-order valence-electron chi connectivity index (χ3n) is 12.4. The van der Waals surface area contributed by atoms with E-state index in [4.69, 9.17) is 14.2 Å². The Morgan fingerprint density at radius 2 is 0.475 bits per heavy atom. The number of esters is 3. The van der Waals surface area contributed by atoms with E-state index in [9.17, 15) is 14.4 Å². The molecule has 0 saturated carbocycles. The van der Waals surface area contributed by atoms with Gasteiger partial charge in [0, 0.05) is 19.3 Å². The van der Waals surface area contributed by atoms with Crippen LogP contribution in [0.1, 0.15) is 298 Å². The molecule has 6 nitrogen and oxygen atoms in total. The van der Waals surface area contributed by atoms with Crippen molar-refractivity contribution in [2.45, 2.75) is 304 Å². The van der Waals surface area contributed by atoms with Crippen LogP contribution in [0.5, 0.6) is 0 Å². The Morgan fingerprint density at radius 1 is 0.279 bits per heavy atom. The van der Waals surface area contributed by atoms with Crippen molar-refractivity contribution in [2.24, 2.45) is 17.8 Å². The van der Waals surface area contributed by atoms with Crippen LogP contribution < -0.4 is 0 Å². The van der Waals surface area contributed by atoms with E-state index in [1.54, 1.807) is 0 Å². The number of hydrogen-bond donors (Lipinski definition) is 0. The number of carbonyl (C=O) groups is 3. The fraction of sp³-hybridized carbons (Fsp3) is 0.945. The van der Waals surface area contributed by atoms with Crippen LogP contribution in [-0.4, -0.2) is 37.2 Å². The second-order valence-electron chi connectivity index (χ2n) is 20.3. The number of carbonyl (C=O) groups excluding carboxylic acids is 3. The van der Waals surface area contributed by atoms with Crippen molar-refractivity contribution in [3.63, 3.8) is 0 Å². The van der Waals surface area contributed by atoms with Gasteiger partial charge in [0.25, 0.3) is 0 Å². The van der Waals surface area contributed by atoms with Gasteiger partial charge in [0.15, 0.2) is 6.10 Å². The summed E-state index contributed by atoms with van der Waals surface area (Å²) in [6.07, 6.45) is 46.7. The first-order valence-electron chi connectivity index (χ1n) is 27.1. The summed E-state index contributed by atoms with van der Waals surface area (Å²) >= 11 is 0. The Balaban J connectivity index is 4.30. The fourth-order valence-corrected chi connectivity index (χ4v) is 8.29. The van der Waals surface area contributed by atoms with Crippen LogP contribution in [-0.2, 0) is 28.6 Å². The van der Waals surface area contributed by atoms with Crippen molar-refractivity contribution in [1.82, 2.24) is 0 Å². The summed E-state index contributed by atoms with van der Waals surface area (Å²) in [7, 11) is 0. The molecule has 0 unspecified atom stereocenters. The van der Waals surface area contributed by atoms with Crippen LogP contribution >= 0.6 is 0 Å². The molecule has 0 aromatic carbocycles. The standard InChI is InChI=1S/C55H106O6/c1-49(2)41-35-29-23-17-13-9-7-11-15-19-26-32-38-44-53(56)59-47-52(48-60-54(57)45-39-33-27-22-21-25-31-37-43-51(5)6)61-55(58)46-40-34-28-20-16-12-8-10-14-18-24-30-36-42-50(3)4/h49-52H,7-48H2,1-6H3/t52-/m1/s1. The lowest BCUT2D eigenvalue weighted by Crippen LogP contribution is -2.30. The second-order valence-corrected chi connectivity index (χ2v) is 20.3. The first-order chi connectivity index (χ1) is 29.6. The lowest BCUT2D eigenvalue weighted by atomic mass is 10.0. The first-order valence-corrected chi connectivity index (χ1v) is 27.1. The predicted molar refractivity (Wildman–Crippen MR) is 261 cm³/mol. The molecule has 0 aliphatic heterocycles. The molecular formula is C55H106O6. The van der Waals surface area contributed by atoms with Gasteiger partial charge in [-0.1, -0.05) is 260 Å². The largest absolute Gasteiger partial charge is 0.462 e. The van der Waals surface area contributed by atoms with Crippen LogP contribution in [0, 0.1) is 17.8 Å². The quantitative estimate of drug-likeness (QED) is 0.0344. The van der Waals surface area contributed by atoms with Crippen molar-refractivity contribution in [2.75, 3.05) is 13.2 Å². The van der Waals surface area contributed by atoms with E-state index in [0.29, 0.717) is 19.3 Å². The third-order valence-corrected chi connectivity index (χ3v) is 12.4. The topological polar surface area (TPSA) is 78.9 Å². The van der Waals surface area contributed by atoms with Gasteiger partial charge in [-0.3, -0.25) is 14.4 Å². The molecule has 0 aliphatic rings. The normalized spacial score (nSPS) is 12.1. The van der Waals surface area contributed by atoms with Crippen molar-refractivity contribution < 1.29 is 28.6 Å². The lowest BCUT2D eigenvalue weighted by Gasteiger charge is -2.18. The predicted octanol–water partition coefficient (Wildman–Crippen LogP) is 17.6. The molecule has 0 rings (SSSR count). The summed E-state index contributed by atoms with van der Waals surface area (Å²) in [5, 5.41) is 0. The average Bonchev–Trinajstić information content (AvgIpc) is 3.22. The summed E-state index contributed by atoms with van der Waals surface area (Å²) in [6.45, 7) is 13.7. The summed E-state index contributed by atoms with van der Waals surface area (Å²) in [6, 6.07) is 0. The van der Waals surface area contributed by atoms with Crippen molar-refractivity contribution >= 4 is 17.9 Å². The van der Waals surface area contributed by atoms with Gasteiger partial charge in [0.1, 0.15) is 13.2 Å². The fourth-order valence-electron chi connectivity index (χ4n) is 8.29. The van der Waals surface area contributed by atoms with E-state index in [2.05, 4.69) is 41.5 Å². The molecule has 0 amide bonds. The molecule has 61 heavy (non-hydrogen) atoms. The molecule has 1 atom stereocenters. The van der Waals surface area contributed by atoms with Crippen molar-refractivity contribution in [1.29, 1.82) is 0 Å². The maximum Gasteiger partial charge on any atom is 0.306 e. The highest BCUT2D eigenvalue weighted by atomic mass is 16.6. The van der Waals surface area contributed by atoms with Gasteiger partial charge in [0.2, 0.25) is 0 Å². The molecule has 0 N–H and O–H groups in total. The van der Waals surface area contributed by atoms with Crippen LogP contribution in [0.2, 0.25) is 0 Å². The molecule has 0 aromatic rings. The van der Waals surface area contributed by atoms with Gasteiger partial charge in [-0.15, -0.1) is 0 Å². The molecule has 0 aromatic heterocycles. The van der Waals surface area contributed by atoms with E-state index in [-0.39, 0.29) is 31.1 Å². The molecule has 0 saturated heterocycles. The number of hydrogen-bond acceptors (Lipinski definition) is 6. The number of ether oxygens (including phenoxy) is 3. The molecule has 362 valence electrons. The monoisotopic (exact) mass is 863 g/mol. The Bertz CT molecular complexity index is 945. The van der Waals surface area contributed by atoms with E-state index < -0.39 is 6.10 Å². The molecule has 6 heteroatoms. The Kier molecular flexibility index (Phi) is 45.2. The zero-order valence-electron chi connectivity index (χ0n) is 42.0. The van der Waals surface area contributed by atoms with E-state index in [0.717, 1.165) is 75.5 Å². The van der Waals surface area contributed by atoms with Crippen LogP contribution in [0.25, 0.3) is 0 Å². The highest BCUT2D eigenvalue weighted by molar-refractivity contribution is 5.71. The number of unbranched alkanes of at least 4 members (excludes halogenated alkanes) is 31. The van der Waals surface area contributed by atoms with Gasteiger partial charge in [0.05, 0.1) is 0 Å². The SMILES string of the molecule is CC(C)CCCCCCCCCCCCCCCC(=O)OC[C@H](COC(=O)CCCCCCCCCCC(C)C)OC(=O)CCCCCCCCCCCCCCCC(C)C. The second kappa shape index (κ2) is 46.4. The van der Waals surface area contributed by atoms with Crippen LogP contribution in [0.4, 0.5) is 0 Å². The minimum absolute atomic E-state index is 0.0644. The van der Waals surface area contributed by atoms with E-state index >= 15 is 0 Å². The highest BCUT2D eigenvalue weighted by Crippen LogP contribution is 2.18. The van der Waals surface area contributed by atoms with Crippen LogP contribution in [0.3, 0.4) is 0 Å². The zero-order valence-corrected chi connectivity index (χ0v) is 42.0. The highest BCUT2D eigenvalue weighted by Gasteiger charge is 2.19. The minimum Gasteiger partial charge on any atom is -0.462 e. The van der Waals surface area contributed by atoms with E-state index in [1.165, 1.54) is 180 Å². The average molecular weight is 863 g/mol. The minimum atomic E-state index is -0.763. The first kappa shape index (κ1) is 59.4. The maximum absolute atomic E-state index is 12.8. The lowest BCUT2D eigenvalue weighted by molar-refractivity contribution is -0.167. The molecule has 0 aliphatic carbocycles. The van der Waals surface area contributed by atoms with Gasteiger partial charge in [-0.2, -0.15) is 0 Å². The maximum atomic E-state index is 12.8. The van der Waals surface area contributed by atoms with Gasteiger partial charge >= 0.3 is 17.9 Å². The van der Waals surface area contributed by atoms with E-state index in [1.807, 2.05) is 0 Å². The zero-order chi connectivity index (χ0) is 44.9.